The number of esters is 1. The van der Waals surface area contributed by atoms with Crippen molar-refractivity contribution in [3.8, 4) is 11.5 Å². The van der Waals surface area contributed by atoms with Gasteiger partial charge in [-0.25, -0.2) is 4.79 Å². The van der Waals surface area contributed by atoms with Gasteiger partial charge in [-0.1, -0.05) is 12.1 Å². The highest BCUT2D eigenvalue weighted by atomic mass is 16.5. The standard InChI is InChI=1S/C26H27NO5/c1-31-24(30)15-2-7-22(28)21(8-15)27-23(29)13-32-20-5-3-16(4-6-20)25-11-18-9-17-10-19(12-25)26(17,18)14-25/h2-8,17-19,28H,9-14H2,1H3,(H,27,29). The number of phenols is 1. The zero-order valence-corrected chi connectivity index (χ0v) is 18.1. The molecule has 32 heavy (non-hydrogen) atoms. The number of benzene rings is 2. The minimum absolute atomic E-state index is 0.132. The van der Waals surface area contributed by atoms with E-state index in [0.717, 1.165) is 17.8 Å². The highest BCUT2D eigenvalue weighted by Gasteiger charge is 2.77. The van der Waals surface area contributed by atoms with Crippen molar-refractivity contribution in [2.45, 2.75) is 37.5 Å². The summed E-state index contributed by atoms with van der Waals surface area (Å²) < 4.78 is 10.3. The minimum atomic E-state index is -0.544. The topological polar surface area (TPSA) is 84.9 Å². The largest absolute Gasteiger partial charge is 0.506 e. The molecule has 6 nitrogen and oxygen atoms in total. The number of carbonyl (C=O) groups excluding carboxylic acids is 2. The van der Waals surface area contributed by atoms with Gasteiger partial charge in [0.25, 0.3) is 5.91 Å². The van der Waals surface area contributed by atoms with Gasteiger partial charge in [-0.15, -0.1) is 0 Å². The fraction of sp³-hybridized carbons (Fsp3) is 0.462. The summed E-state index contributed by atoms with van der Waals surface area (Å²) in [5, 5.41) is 12.5. The van der Waals surface area contributed by atoms with Crippen LogP contribution < -0.4 is 10.1 Å². The van der Waals surface area contributed by atoms with Crippen LogP contribution in [-0.4, -0.2) is 30.7 Å². The van der Waals surface area contributed by atoms with Crippen molar-refractivity contribution in [1.82, 2.24) is 0 Å². The Morgan fingerprint density at radius 2 is 1.78 bits per heavy atom. The van der Waals surface area contributed by atoms with E-state index < -0.39 is 11.9 Å². The predicted molar refractivity (Wildman–Crippen MR) is 118 cm³/mol. The van der Waals surface area contributed by atoms with E-state index in [0.29, 0.717) is 16.6 Å². The molecule has 1 spiro atoms. The maximum atomic E-state index is 12.3. The molecule has 4 fully saturated rings. The lowest BCUT2D eigenvalue weighted by molar-refractivity contribution is -0.175. The lowest BCUT2D eigenvalue weighted by atomic mass is 9.38. The number of nitrogens with one attached hydrogen (secondary N) is 1. The number of fused-ring (bicyclic) bond motifs is 1. The average molecular weight is 434 g/mol. The first-order valence-corrected chi connectivity index (χ1v) is 11.4. The van der Waals surface area contributed by atoms with Gasteiger partial charge in [0.1, 0.15) is 11.5 Å². The van der Waals surface area contributed by atoms with Crippen molar-refractivity contribution >= 4 is 17.6 Å². The Hall–Kier alpha value is -3.02. The first-order chi connectivity index (χ1) is 15.4. The number of phenolic OH excluding ortho intramolecular Hbond substituents is 1. The van der Waals surface area contributed by atoms with Crippen molar-refractivity contribution in [2.24, 2.45) is 23.2 Å². The van der Waals surface area contributed by atoms with E-state index in [1.807, 2.05) is 12.1 Å². The van der Waals surface area contributed by atoms with Crippen LogP contribution in [0.25, 0.3) is 0 Å². The van der Waals surface area contributed by atoms with E-state index in [1.54, 1.807) is 0 Å². The number of methoxy groups -OCH3 is 1. The van der Waals surface area contributed by atoms with Gasteiger partial charge in [0.2, 0.25) is 0 Å². The molecule has 1 amide bonds. The third kappa shape index (κ3) is 2.64. The molecule has 2 aromatic rings. The monoisotopic (exact) mass is 433 g/mol. The van der Waals surface area contributed by atoms with E-state index in [9.17, 15) is 14.7 Å². The molecule has 2 aromatic carbocycles. The van der Waals surface area contributed by atoms with Gasteiger partial charge in [0, 0.05) is 0 Å². The maximum Gasteiger partial charge on any atom is 0.337 e. The van der Waals surface area contributed by atoms with Crippen LogP contribution in [0.3, 0.4) is 0 Å². The number of carbonyl (C=O) groups is 2. The van der Waals surface area contributed by atoms with Crippen LogP contribution >= 0.6 is 0 Å². The summed E-state index contributed by atoms with van der Waals surface area (Å²) in [6.45, 7) is -0.193. The van der Waals surface area contributed by atoms with Gasteiger partial charge in [-0.2, -0.15) is 0 Å². The second kappa shape index (κ2) is 6.74. The summed E-state index contributed by atoms with van der Waals surface area (Å²) in [5.41, 5.74) is 2.86. The predicted octanol–water partition coefficient (Wildman–Crippen LogP) is 4.27. The molecule has 2 bridgehead atoms. The smallest absolute Gasteiger partial charge is 0.337 e. The average Bonchev–Trinajstić information content (AvgIpc) is 3.27. The molecule has 4 saturated carbocycles. The molecular formula is C26H27NO5. The zero-order chi connectivity index (χ0) is 22.1. The van der Waals surface area contributed by atoms with Crippen LogP contribution in [0.4, 0.5) is 5.69 Å². The number of rotatable bonds is 6. The highest BCUT2D eigenvalue weighted by Crippen LogP contribution is 2.84. The van der Waals surface area contributed by atoms with Crippen LogP contribution in [0.5, 0.6) is 11.5 Å². The number of hydrogen-bond donors (Lipinski definition) is 2. The second-order valence-electron chi connectivity index (χ2n) is 10.1. The van der Waals surface area contributed by atoms with Crippen LogP contribution in [0.1, 0.15) is 48.0 Å². The van der Waals surface area contributed by atoms with Crippen molar-refractivity contribution in [3.63, 3.8) is 0 Å². The van der Waals surface area contributed by atoms with E-state index >= 15 is 0 Å². The van der Waals surface area contributed by atoms with Gasteiger partial charge in [-0.3, -0.25) is 4.79 Å². The number of aromatic hydroxyl groups is 1. The van der Waals surface area contributed by atoms with Gasteiger partial charge < -0.3 is 19.9 Å². The lowest BCUT2D eigenvalue weighted by Crippen LogP contribution is -2.59. The lowest BCUT2D eigenvalue weighted by Gasteiger charge is -2.66. The minimum Gasteiger partial charge on any atom is -0.506 e. The van der Waals surface area contributed by atoms with E-state index in [-0.39, 0.29) is 23.6 Å². The fourth-order valence-electron chi connectivity index (χ4n) is 7.54. The van der Waals surface area contributed by atoms with Crippen LogP contribution in [-0.2, 0) is 14.9 Å². The molecule has 4 aliphatic carbocycles. The summed E-state index contributed by atoms with van der Waals surface area (Å²) in [6.07, 6.45) is 6.96. The van der Waals surface area contributed by atoms with Crippen molar-refractivity contribution in [1.29, 1.82) is 0 Å². The Labute approximate surface area is 186 Å². The summed E-state index contributed by atoms with van der Waals surface area (Å²) in [6, 6.07) is 12.4. The number of anilines is 1. The van der Waals surface area contributed by atoms with E-state index in [2.05, 4.69) is 22.2 Å². The van der Waals surface area contributed by atoms with Crippen molar-refractivity contribution in [2.75, 3.05) is 19.0 Å². The normalized spacial score (nSPS) is 33.0. The van der Waals surface area contributed by atoms with Crippen molar-refractivity contribution in [3.05, 3.63) is 53.6 Å². The number of hydrogen-bond acceptors (Lipinski definition) is 5. The van der Waals surface area contributed by atoms with Crippen molar-refractivity contribution < 1.29 is 24.2 Å². The molecule has 0 heterocycles. The number of ether oxygens (including phenoxy) is 2. The van der Waals surface area contributed by atoms with Crippen LogP contribution in [0.2, 0.25) is 0 Å². The first-order valence-electron chi connectivity index (χ1n) is 11.4. The summed E-state index contributed by atoms with van der Waals surface area (Å²) in [4.78, 5) is 24.0. The molecule has 2 unspecified atom stereocenters. The molecule has 0 aromatic heterocycles. The molecule has 2 atom stereocenters. The first kappa shape index (κ1) is 19.6. The second-order valence-corrected chi connectivity index (χ2v) is 10.1. The molecule has 166 valence electrons. The fourth-order valence-corrected chi connectivity index (χ4v) is 7.54. The Bertz CT molecular complexity index is 1090. The number of amides is 1. The van der Waals surface area contributed by atoms with Gasteiger partial charge in [0.05, 0.1) is 18.4 Å². The highest BCUT2D eigenvalue weighted by molar-refractivity contribution is 5.96. The molecule has 6 heteroatoms. The van der Waals surface area contributed by atoms with E-state index in [4.69, 9.17) is 4.74 Å². The van der Waals surface area contributed by atoms with E-state index in [1.165, 1.54) is 63.0 Å². The van der Waals surface area contributed by atoms with Crippen LogP contribution in [0.15, 0.2) is 42.5 Å². The third-order valence-corrected chi connectivity index (χ3v) is 8.87. The zero-order valence-electron chi connectivity index (χ0n) is 18.1. The maximum absolute atomic E-state index is 12.3. The van der Waals surface area contributed by atoms with Crippen LogP contribution in [0, 0.1) is 23.2 Å². The molecule has 0 radical (unpaired) electrons. The van der Waals surface area contributed by atoms with Gasteiger partial charge >= 0.3 is 5.97 Å². The molecule has 0 aliphatic heterocycles. The van der Waals surface area contributed by atoms with Gasteiger partial charge in [0.15, 0.2) is 6.61 Å². The summed E-state index contributed by atoms with van der Waals surface area (Å²) in [7, 11) is 1.27. The molecule has 2 N–H and O–H groups in total. The summed E-state index contributed by atoms with van der Waals surface area (Å²) >= 11 is 0. The van der Waals surface area contributed by atoms with Gasteiger partial charge in [-0.05, 0) is 96.6 Å². The molecule has 4 aliphatic rings. The molecule has 6 rings (SSSR count). The Morgan fingerprint density at radius 1 is 1.06 bits per heavy atom. The molecule has 0 saturated heterocycles. The quantitative estimate of drug-likeness (QED) is 0.525. The SMILES string of the molecule is COC(=O)c1ccc(O)c(NC(=O)COc2ccc(C34CC5CC6CC(C3)C65C4)cc2)c1. The summed E-state index contributed by atoms with van der Waals surface area (Å²) in [5.74, 6) is 2.46. The molecular weight excluding hydrogens is 406 g/mol. The third-order valence-electron chi connectivity index (χ3n) is 8.87. The Morgan fingerprint density at radius 3 is 2.41 bits per heavy atom. The Kier molecular flexibility index (Phi) is 4.14. The Balaban J connectivity index is 1.08.